The average Bonchev–Trinajstić information content (AvgIpc) is 3.37. The Morgan fingerprint density at radius 2 is 1.97 bits per heavy atom. The van der Waals surface area contributed by atoms with Crippen LogP contribution in [0.25, 0.3) is 11.8 Å². The van der Waals surface area contributed by atoms with Gasteiger partial charge in [0.25, 0.3) is 5.91 Å². The number of nitrogens with zero attached hydrogens (tertiary/aromatic N) is 5. The molecule has 1 amide bonds. The van der Waals surface area contributed by atoms with Gasteiger partial charge in [-0.25, -0.2) is 0 Å². The number of amidine groups is 2. The van der Waals surface area contributed by atoms with Crippen molar-refractivity contribution in [1.82, 2.24) is 14.6 Å². The number of hydrazone groups is 1. The zero-order valence-electron chi connectivity index (χ0n) is 18.2. The molecule has 0 saturated carbocycles. The summed E-state index contributed by atoms with van der Waals surface area (Å²) in [5.74, 6) is 0.294. The van der Waals surface area contributed by atoms with Crippen LogP contribution in [0.1, 0.15) is 22.5 Å². The molecule has 2 aromatic heterocycles. The number of amides is 1. The maximum absolute atomic E-state index is 12.8. The van der Waals surface area contributed by atoms with Gasteiger partial charge in [0.05, 0.1) is 18.4 Å². The molecule has 9 heteroatoms. The molecule has 0 spiro atoms. The van der Waals surface area contributed by atoms with Gasteiger partial charge >= 0.3 is 0 Å². The Hall–Kier alpha value is -3.98. The van der Waals surface area contributed by atoms with E-state index < -0.39 is 5.91 Å². The van der Waals surface area contributed by atoms with Gasteiger partial charge in [0.15, 0.2) is 5.84 Å². The van der Waals surface area contributed by atoms with Gasteiger partial charge in [-0.15, -0.1) is 0 Å². The van der Waals surface area contributed by atoms with E-state index >= 15 is 0 Å². The molecule has 0 atom stereocenters. The number of thioether (sulfide) groups is 1. The maximum Gasteiger partial charge on any atom is 0.283 e. The first-order valence-electron chi connectivity index (χ1n) is 10.2. The maximum atomic E-state index is 12.8. The van der Waals surface area contributed by atoms with Crippen molar-refractivity contribution in [1.29, 1.82) is 5.41 Å². The van der Waals surface area contributed by atoms with Crippen LogP contribution in [0.3, 0.4) is 0 Å². The third kappa shape index (κ3) is 3.56. The molecular weight excluding hydrogens is 436 g/mol. The molecular formula is C24H20N6O2S. The lowest BCUT2D eigenvalue weighted by Crippen LogP contribution is -2.35. The number of aryl methyl sites for hydroxylation is 1. The molecule has 0 aliphatic carbocycles. The van der Waals surface area contributed by atoms with Crippen molar-refractivity contribution in [3.63, 3.8) is 0 Å². The lowest BCUT2D eigenvalue weighted by Gasteiger charge is -2.20. The monoisotopic (exact) mass is 456 g/mol. The van der Waals surface area contributed by atoms with E-state index in [9.17, 15) is 4.79 Å². The number of aliphatic imine (C=N–C) groups is 1. The molecule has 164 valence electrons. The zero-order valence-corrected chi connectivity index (χ0v) is 19.1. The number of carbonyl (C=O) groups excluding carboxylic acids is 1. The van der Waals surface area contributed by atoms with Gasteiger partial charge in [-0.05, 0) is 67.6 Å². The Morgan fingerprint density at radius 3 is 2.73 bits per heavy atom. The smallest absolute Gasteiger partial charge is 0.283 e. The largest absolute Gasteiger partial charge is 0.495 e. The van der Waals surface area contributed by atoms with Crippen molar-refractivity contribution in [3.8, 4) is 11.4 Å². The third-order valence-electron chi connectivity index (χ3n) is 5.46. The van der Waals surface area contributed by atoms with Gasteiger partial charge in [0.1, 0.15) is 10.8 Å². The van der Waals surface area contributed by atoms with Crippen LogP contribution in [0.15, 0.2) is 70.5 Å². The predicted molar refractivity (Wildman–Crippen MR) is 130 cm³/mol. The summed E-state index contributed by atoms with van der Waals surface area (Å²) in [7, 11) is 1.64. The van der Waals surface area contributed by atoms with Crippen LogP contribution in [0, 0.1) is 19.3 Å². The number of hydrogen-bond acceptors (Lipinski definition) is 6. The van der Waals surface area contributed by atoms with Gasteiger partial charge in [-0.2, -0.15) is 15.1 Å². The van der Waals surface area contributed by atoms with E-state index in [0.29, 0.717) is 10.2 Å². The van der Waals surface area contributed by atoms with Gasteiger partial charge in [-0.1, -0.05) is 12.1 Å². The Labute approximate surface area is 194 Å². The second-order valence-electron chi connectivity index (χ2n) is 7.50. The van der Waals surface area contributed by atoms with Crippen LogP contribution in [0.2, 0.25) is 0 Å². The number of ether oxygens (including phenoxy) is 1. The average molecular weight is 457 g/mol. The minimum absolute atomic E-state index is 0.00140. The van der Waals surface area contributed by atoms with E-state index in [4.69, 9.17) is 10.1 Å². The highest BCUT2D eigenvalue weighted by Gasteiger charge is 2.36. The van der Waals surface area contributed by atoms with Crippen molar-refractivity contribution < 1.29 is 9.53 Å². The lowest BCUT2D eigenvalue weighted by atomic mass is 10.1. The summed E-state index contributed by atoms with van der Waals surface area (Å²) in [6, 6.07) is 13.4. The number of benzene rings is 1. The standard InChI is InChI=1S/C24H20N6O2S/c1-14-11-17(15(2)29(14)19-8-4-5-9-20(19)32-3)12-18-21(25)30-24(27-22(18)31)33-23(28-30)16-7-6-10-26-13-16/h4-13,25H,1-3H3/b18-12+,25-21?. The van der Waals surface area contributed by atoms with Crippen LogP contribution >= 0.6 is 11.8 Å². The molecule has 0 unspecified atom stereocenters. The van der Waals surface area contributed by atoms with Crippen molar-refractivity contribution in [2.45, 2.75) is 13.8 Å². The fourth-order valence-electron chi connectivity index (χ4n) is 3.87. The first kappa shape index (κ1) is 20.9. The van der Waals surface area contributed by atoms with Crippen LogP contribution in [0.5, 0.6) is 5.75 Å². The fourth-order valence-corrected chi connectivity index (χ4v) is 4.75. The number of methoxy groups -OCH3 is 1. The molecule has 0 bridgehead atoms. The Morgan fingerprint density at radius 1 is 1.15 bits per heavy atom. The zero-order chi connectivity index (χ0) is 23.1. The molecule has 3 aromatic rings. The number of fused-ring (bicyclic) bond motifs is 1. The summed E-state index contributed by atoms with van der Waals surface area (Å²) < 4.78 is 7.60. The second kappa shape index (κ2) is 8.18. The summed E-state index contributed by atoms with van der Waals surface area (Å²) in [4.78, 5) is 21.1. The quantitative estimate of drug-likeness (QED) is 0.595. The molecule has 5 rings (SSSR count). The van der Waals surface area contributed by atoms with Gasteiger partial charge in [-0.3, -0.25) is 15.2 Å². The van der Waals surface area contributed by atoms with E-state index in [1.165, 1.54) is 16.8 Å². The molecule has 2 aliphatic rings. The van der Waals surface area contributed by atoms with E-state index in [1.807, 2.05) is 56.3 Å². The number of hydrogen-bond donors (Lipinski definition) is 1. The van der Waals surface area contributed by atoms with Gasteiger partial charge < -0.3 is 9.30 Å². The highest BCUT2D eigenvalue weighted by atomic mass is 32.2. The highest BCUT2D eigenvalue weighted by Crippen LogP contribution is 2.32. The van der Waals surface area contributed by atoms with Crippen LogP contribution < -0.4 is 4.74 Å². The Bertz CT molecular complexity index is 1390. The molecule has 4 heterocycles. The molecule has 0 fully saturated rings. The highest BCUT2D eigenvalue weighted by molar-refractivity contribution is 8.27. The molecule has 33 heavy (non-hydrogen) atoms. The number of nitrogens with one attached hydrogen (secondary N) is 1. The molecule has 0 radical (unpaired) electrons. The van der Waals surface area contributed by atoms with E-state index in [1.54, 1.807) is 25.6 Å². The predicted octanol–water partition coefficient (Wildman–Crippen LogP) is 4.17. The van der Waals surface area contributed by atoms with E-state index in [0.717, 1.165) is 34.0 Å². The number of carbonyl (C=O) groups is 1. The first-order chi connectivity index (χ1) is 16.0. The first-order valence-corrected chi connectivity index (χ1v) is 11.0. The SMILES string of the molecule is COc1ccccc1-n1c(C)cc(/C=C2\C(=N)N3N=C(c4cccnc4)SC3=NC2=O)c1C. The van der Waals surface area contributed by atoms with Crippen molar-refractivity contribution >= 4 is 39.8 Å². The van der Waals surface area contributed by atoms with E-state index in [-0.39, 0.29) is 11.4 Å². The number of pyridine rings is 1. The second-order valence-corrected chi connectivity index (χ2v) is 8.46. The van der Waals surface area contributed by atoms with Crippen LogP contribution in [0.4, 0.5) is 0 Å². The summed E-state index contributed by atoms with van der Waals surface area (Å²) in [5, 5.41) is 15.6. The molecule has 8 nitrogen and oxygen atoms in total. The van der Waals surface area contributed by atoms with Crippen LogP contribution in [-0.4, -0.2) is 43.6 Å². The van der Waals surface area contributed by atoms with Crippen molar-refractivity contribution in [2.75, 3.05) is 7.11 Å². The third-order valence-corrected chi connectivity index (χ3v) is 6.42. The summed E-state index contributed by atoms with van der Waals surface area (Å²) in [6.07, 6.45) is 5.09. The topological polar surface area (TPSA) is 95.9 Å². The number of aromatic nitrogens is 2. The van der Waals surface area contributed by atoms with E-state index in [2.05, 4.69) is 19.6 Å². The molecule has 1 N–H and O–H groups in total. The summed E-state index contributed by atoms with van der Waals surface area (Å²) in [6.45, 7) is 3.97. The Kier molecular flexibility index (Phi) is 5.18. The fraction of sp³-hybridized carbons (Fsp3) is 0.125. The summed E-state index contributed by atoms with van der Waals surface area (Å²) in [5.41, 5.74) is 4.65. The minimum atomic E-state index is -0.455. The molecule has 0 saturated heterocycles. The van der Waals surface area contributed by atoms with Crippen molar-refractivity contribution in [2.24, 2.45) is 10.1 Å². The summed E-state index contributed by atoms with van der Waals surface area (Å²) >= 11 is 1.25. The van der Waals surface area contributed by atoms with Crippen molar-refractivity contribution in [3.05, 3.63) is 82.9 Å². The van der Waals surface area contributed by atoms with Gasteiger partial charge in [0, 0.05) is 29.3 Å². The number of para-hydroxylation sites is 2. The minimum Gasteiger partial charge on any atom is -0.495 e. The van der Waals surface area contributed by atoms with Crippen LogP contribution in [-0.2, 0) is 4.79 Å². The Balaban J connectivity index is 1.53. The van der Waals surface area contributed by atoms with Gasteiger partial charge in [0.2, 0.25) is 5.17 Å². The normalized spacial score (nSPS) is 16.7. The number of rotatable bonds is 4. The molecule has 2 aliphatic heterocycles. The molecule has 1 aromatic carbocycles. The lowest BCUT2D eigenvalue weighted by molar-refractivity contribution is -0.114.